The molecule has 4 rings (SSSR count). The Balaban J connectivity index is 1.85. The Morgan fingerprint density at radius 1 is 0.875 bits per heavy atom. The number of ether oxygens (including phenoxy) is 2. The number of carbonyl (C=O) groups excluding carboxylic acids is 2. The van der Waals surface area contributed by atoms with Crippen LogP contribution in [0, 0.1) is 0 Å². The number of anilines is 1. The fourth-order valence-corrected chi connectivity index (χ4v) is 7.06. The van der Waals surface area contributed by atoms with Gasteiger partial charge in [-0.2, -0.15) is 0 Å². The molecule has 0 aliphatic rings. The molecular formula is C37H43N3O6S2. The average molecular weight is 690 g/mol. The first-order chi connectivity index (χ1) is 23.1. The van der Waals surface area contributed by atoms with E-state index < -0.39 is 28.5 Å². The van der Waals surface area contributed by atoms with Gasteiger partial charge in [-0.15, -0.1) is 11.8 Å². The Hall–Kier alpha value is -4.48. The summed E-state index contributed by atoms with van der Waals surface area (Å²) in [5, 5.41) is 2.97. The molecule has 0 aliphatic heterocycles. The Labute approximate surface area is 288 Å². The van der Waals surface area contributed by atoms with Crippen LogP contribution in [0.25, 0.3) is 0 Å². The lowest BCUT2D eigenvalue weighted by atomic mass is 10.0. The van der Waals surface area contributed by atoms with Crippen LogP contribution in [0.15, 0.2) is 113 Å². The molecule has 11 heteroatoms. The van der Waals surface area contributed by atoms with E-state index in [0.29, 0.717) is 11.5 Å². The van der Waals surface area contributed by atoms with Crippen LogP contribution in [-0.2, 0) is 32.6 Å². The molecule has 0 aromatic heterocycles. The molecule has 0 aliphatic carbocycles. The lowest BCUT2D eigenvalue weighted by Crippen LogP contribution is -2.54. The van der Waals surface area contributed by atoms with E-state index in [1.807, 2.05) is 62.6 Å². The highest BCUT2D eigenvalue weighted by Gasteiger charge is 2.35. The third-order valence-electron chi connectivity index (χ3n) is 7.55. The summed E-state index contributed by atoms with van der Waals surface area (Å²) in [6.45, 7) is 5.25. The standard InChI is InChI=1S/C37H43N3O6S2/c1-6-46-35-18-11-10-17-33(35)40(48(43,44)32-21-19-31(47-5)20-22-32)26-36(41)39(25-29-15-12-16-30(23-29)45-4)34(37(42)38-27(2)3)24-28-13-8-7-9-14-28/h7-23,27,34H,6,24-26H2,1-5H3,(H,38,42). The number of hydrogen-bond donors (Lipinski definition) is 1. The Morgan fingerprint density at radius 3 is 2.19 bits per heavy atom. The fraction of sp³-hybridized carbons (Fsp3) is 0.297. The zero-order chi connectivity index (χ0) is 34.7. The summed E-state index contributed by atoms with van der Waals surface area (Å²) in [6, 6.07) is 28.8. The van der Waals surface area contributed by atoms with Crippen molar-refractivity contribution in [2.45, 2.75) is 55.6 Å². The van der Waals surface area contributed by atoms with Crippen LogP contribution < -0.4 is 19.1 Å². The van der Waals surface area contributed by atoms with E-state index in [9.17, 15) is 18.0 Å². The molecule has 2 amide bonds. The lowest BCUT2D eigenvalue weighted by Gasteiger charge is -2.34. The summed E-state index contributed by atoms with van der Waals surface area (Å²) < 4.78 is 41.2. The third kappa shape index (κ3) is 9.32. The van der Waals surface area contributed by atoms with Crippen molar-refractivity contribution in [2.75, 3.05) is 30.8 Å². The Kier molecular flexibility index (Phi) is 12.9. The van der Waals surface area contributed by atoms with Gasteiger partial charge >= 0.3 is 0 Å². The van der Waals surface area contributed by atoms with E-state index in [1.54, 1.807) is 62.6 Å². The molecular weight excluding hydrogens is 647 g/mol. The van der Waals surface area contributed by atoms with Crippen molar-refractivity contribution in [2.24, 2.45) is 0 Å². The number of benzene rings is 4. The molecule has 0 bridgehead atoms. The number of nitrogens with zero attached hydrogens (tertiary/aromatic N) is 2. The van der Waals surface area contributed by atoms with E-state index in [0.717, 1.165) is 20.3 Å². The highest BCUT2D eigenvalue weighted by molar-refractivity contribution is 7.98. The third-order valence-corrected chi connectivity index (χ3v) is 10.1. The van der Waals surface area contributed by atoms with E-state index in [-0.39, 0.29) is 42.1 Å². The second kappa shape index (κ2) is 17.1. The quantitative estimate of drug-likeness (QED) is 0.140. The minimum Gasteiger partial charge on any atom is -0.497 e. The van der Waals surface area contributed by atoms with Crippen LogP contribution >= 0.6 is 11.8 Å². The monoisotopic (exact) mass is 689 g/mol. The molecule has 254 valence electrons. The zero-order valence-electron chi connectivity index (χ0n) is 28.0. The maximum atomic E-state index is 14.7. The van der Waals surface area contributed by atoms with Gasteiger partial charge in [0.15, 0.2) is 0 Å². The second-order valence-electron chi connectivity index (χ2n) is 11.3. The highest BCUT2D eigenvalue weighted by Crippen LogP contribution is 2.33. The molecule has 0 saturated heterocycles. The lowest BCUT2D eigenvalue weighted by molar-refractivity contribution is -0.140. The van der Waals surface area contributed by atoms with E-state index >= 15 is 0 Å². The molecule has 0 heterocycles. The van der Waals surface area contributed by atoms with Crippen LogP contribution in [0.5, 0.6) is 11.5 Å². The summed E-state index contributed by atoms with van der Waals surface area (Å²) in [6.07, 6.45) is 2.12. The first-order valence-electron chi connectivity index (χ1n) is 15.7. The summed E-state index contributed by atoms with van der Waals surface area (Å²) in [7, 11) is -2.72. The van der Waals surface area contributed by atoms with Crippen LogP contribution in [0.4, 0.5) is 5.69 Å². The molecule has 1 atom stereocenters. The molecule has 0 spiro atoms. The van der Waals surface area contributed by atoms with E-state index in [2.05, 4.69) is 5.32 Å². The molecule has 0 saturated carbocycles. The predicted molar refractivity (Wildman–Crippen MR) is 191 cm³/mol. The summed E-state index contributed by atoms with van der Waals surface area (Å²) >= 11 is 1.49. The van der Waals surface area contributed by atoms with Crippen LogP contribution in [-0.4, -0.2) is 63.7 Å². The molecule has 0 fully saturated rings. The molecule has 48 heavy (non-hydrogen) atoms. The number of methoxy groups -OCH3 is 1. The second-order valence-corrected chi connectivity index (χ2v) is 14.1. The van der Waals surface area contributed by atoms with Gasteiger partial charge in [-0.05, 0) is 86.7 Å². The van der Waals surface area contributed by atoms with Crippen molar-refractivity contribution in [1.82, 2.24) is 10.2 Å². The average Bonchev–Trinajstić information content (AvgIpc) is 3.09. The molecule has 1 unspecified atom stereocenters. The molecule has 9 nitrogen and oxygen atoms in total. The number of rotatable bonds is 16. The van der Waals surface area contributed by atoms with E-state index in [4.69, 9.17) is 9.47 Å². The van der Waals surface area contributed by atoms with Gasteiger partial charge in [-0.25, -0.2) is 8.42 Å². The zero-order valence-corrected chi connectivity index (χ0v) is 29.6. The minimum absolute atomic E-state index is 0.0251. The van der Waals surface area contributed by atoms with Crippen molar-refractivity contribution in [3.05, 3.63) is 114 Å². The maximum absolute atomic E-state index is 14.7. The number of para-hydroxylation sites is 2. The Bertz CT molecular complexity index is 1770. The van der Waals surface area contributed by atoms with Crippen LogP contribution in [0.1, 0.15) is 31.9 Å². The van der Waals surface area contributed by atoms with Gasteiger partial charge in [0.25, 0.3) is 10.0 Å². The van der Waals surface area contributed by atoms with Gasteiger partial charge < -0.3 is 19.7 Å². The first-order valence-corrected chi connectivity index (χ1v) is 18.4. The van der Waals surface area contributed by atoms with Crippen molar-refractivity contribution >= 4 is 39.3 Å². The van der Waals surface area contributed by atoms with Gasteiger partial charge in [0, 0.05) is 23.9 Å². The Morgan fingerprint density at radius 2 is 1.54 bits per heavy atom. The van der Waals surface area contributed by atoms with Gasteiger partial charge in [0.1, 0.15) is 24.1 Å². The van der Waals surface area contributed by atoms with Gasteiger partial charge in [0.05, 0.1) is 24.3 Å². The normalized spacial score (nSPS) is 11.9. The topological polar surface area (TPSA) is 105 Å². The number of hydrogen-bond acceptors (Lipinski definition) is 7. The van der Waals surface area contributed by atoms with Gasteiger partial charge in [0.2, 0.25) is 11.8 Å². The minimum atomic E-state index is -4.28. The number of amides is 2. The molecule has 4 aromatic rings. The van der Waals surface area contributed by atoms with Gasteiger partial charge in [-0.3, -0.25) is 13.9 Å². The summed E-state index contributed by atoms with van der Waals surface area (Å²) in [5.74, 6) is -0.000313. The highest BCUT2D eigenvalue weighted by atomic mass is 32.2. The first kappa shape index (κ1) is 36.4. The van der Waals surface area contributed by atoms with Crippen molar-refractivity contribution in [3.63, 3.8) is 0 Å². The van der Waals surface area contributed by atoms with E-state index in [1.165, 1.54) is 28.8 Å². The van der Waals surface area contributed by atoms with Crippen molar-refractivity contribution < 1.29 is 27.5 Å². The summed E-state index contributed by atoms with van der Waals surface area (Å²) in [5.41, 5.74) is 1.79. The predicted octanol–water partition coefficient (Wildman–Crippen LogP) is 6.18. The largest absolute Gasteiger partial charge is 0.497 e. The number of thioether (sulfide) groups is 1. The summed E-state index contributed by atoms with van der Waals surface area (Å²) in [4.78, 5) is 31.0. The van der Waals surface area contributed by atoms with Crippen molar-refractivity contribution in [1.29, 1.82) is 0 Å². The van der Waals surface area contributed by atoms with Crippen LogP contribution in [0.2, 0.25) is 0 Å². The van der Waals surface area contributed by atoms with Gasteiger partial charge in [-0.1, -0.05) is 54.6 Å². The number of carbonyl (C=O) groups is 2. The van der Waals surface area contributed by atoms with Crippen molar-refractivity contribution in [3.8, 4) is 11.5 Å². The molecule has 1 N–H and O–H groups in total. The SMILES string of the molecule is CCOc1ccccc1N(CC(=O)N(Cc1cccc(OC)c1)C(Cc1ccccc1)C(=O)NC(C)C)S(=O)(=O)c1ccc(SC)cc1. The number of nitrogens with one attached hydrogen (secondary N) is 1. The molecule has 0 radical (unpaired) electrons. The fourth-order valence-electron chi connectivity index (χ4n) is 5.23. The smallest absolute Gasteiger partial charge is 0.264 e. The maximum Gasteiger partial charge on any atom is 0.264 e. The van der Waals surface area contributed by atoms with Crippen LogP contribution in [0.3, 0.4) is 0 Å². The number of sulfonamides is 1. The molecule has 4 aromatic carbocycles.